The van der Waals surface area contributed by atoms with Crippen LogP contribution in [0.15, 0.2) is 0 Å². The Bertz CT molecular complexity index is 282. The smallest absolute Gasteiger partial charge is 0.234 e. The molecule has 1 aliphatic heterocycles. The number of nitrogens with zero attached hydrogens (tertiary/aromatic N) is 1. The predicted molar refractivity (Wildman–Crippen MR) is 65.8 cm³/mol. The quantitative estimate of drug-likeness (QED) is 0.725. The molecule has 3 unspecified atom stereocenters. The Morgan fingerprint density at radius 2 is 2.19 bits per heavy atom. The van der Waals surface area contributed by atoms with Crippen LogP contribution in [0.1, 0.15) is 27.2 Å². The van der Waals surface area contributed by atoms with Crippen molar-refractivity contribution in [1.82, 2.24) is 10.2 Å². The van der Waals surface area contributed by atoms with Crippen LogP contribution < -0.4 is 5.32 Å². The van der Waals surface area contributed by atoms with Gasteiger partial charge in [0.2, 0.25) is 5.91 Å². The predicted octanol–water partition coefficient (Wildman–Crippen LogP) is 1.10. The molecule has 1 saturated heterocycles. The first-order chi connectivity index (χ1) is 7.54. The highest BCUT2D eigenvalue weighted by Crippen LogP contribution is 2.26. The van der Waals surface area contributed by atoms with Gasteiger partial charge in [0.05, 0.1) is 13.1 Å². The lowest BCUT2D eigenvalue weighted by Gasteiger charge is -2.40. The summed E-state index contributed by atoms with van der Waals surface area (Å²) in [4.78, 5) is 13.8. The maximum absolute atomic E-state index is 11.6. The Kier molecular flexibility index (Phi) is 4.82. The molecule has 1 heterocycles. The van der Waals surface area contributed by atoms with E-state index in [1.54, 1.807) is 0 Å². The molecule has 1 N–H and O–H groups in total. The summed E-state index contributed by atoms with van der Waals surface area (Å²) in [5.41, 5.74) is 0. The lowest BCUT2D eigenvalue weighted by atomic mass is 9.86. The van der Waals surface area contributed by atoms with Gasteiger partial charge in [-0.2, -0.15) is 0 Å². The minimum absolute atomic E-state index is 0.0334. The fraction of sp³-hybridized carbons (Fsp3) is 0.769. The van der Waals surface area contributed by atoms with E-state index in [9.17, 15) is 4.79 Å². The monoisotopic (exact) mass is 222 g/mol. The highest BCUT2D eigenvalue weighted by molar-refractivity contribution is 5.78. The zero-order valence-corrected chi connectivity index (χ0v) is 10.5. The van der Waals surface area contributed by atoms with Crippen molar-refractivity contribution in [3.8, 4) is 12.3 Å². The van der Waals surface area contributed by atoms with E-state index < -0.39 is 0 Å². The number of amides is 1. The minimum Gasteiger partial charge on any atom is -0.344 e. The topological polar surface area (TPSA) is 32.3 Å². The van der Waals surface area contributed by atoms with Gasteiger partial charge >= 0.3 is 0 Å². The maximum atomic E-state index is 11.6. The van der Waals surface area contributed by atoms with Gasteiger partial charge in [0.1, 0.15) is 0 Å². The van der Waals surface area contributed by atoms with Gasteiger partial charge in [0.25, 0.3) is 0 Å². The summed E-state index contributed by atoms with van der Waals surface area (Å²) in [6.45, 7) is 8.51. The second-order valence-corrected chi connectivity index (χ2v) is 4.97. The van der Waals surface area contributed by atoms with Crippen molar-refractivity contribution >= 4 is 5.91 Å². The summed E-state index contributed by atoms with van der Waals surface area (Å²) < 4.78 is 0. The maximum Gasteiger partial charge on any atom is 0.234 e. The Balaban J connectivity index is 2.46. The van der Waals surface area contributed by atoms with Crippen LogP contribution in [0, 0.1) is 24.2 Å². The van der Waals surface area contributed by atoms with Crippen LogP contribution in [0.4, 0.5) is 0 Å². The molecule has 3 nitrogen and oxygen atoms in total. The Hall–Kier alpha value is -1.01. The molecule has 1 amide bonds. The van der Waals surface area contributed by atoms with Crippen molar-refractivity contribution in [3.05, 3.63) is 0 Å². The molecule has 1 fully saturated rings. The van der Waals surface area contributed by atoms with Gasteiger partial charge in [-0.3, -0.25) is 9.69 Å². The van der Waals surface area contributed by atoms with Gasteiger partial charge in [-0.05, 0) is 25.2 Å². The van der Waals surface area contributed by atoms with Crippen molar-refractivity contribution in [2.45, 2.75) is 33.2 Å². The molecule has 16 heavy (non-hydrogen) atoms. The molecule has 0 aliphatic carbocycles. The number of carbonyl (C=O) groups excluding carboxylic acids is 1. The molecule has 0 radical (unpaired) electrons. The first kappa shape index (κ1) is 13.1. The number of hydrogen-bond donors (Lipinski definition) is 1. The van der Waals surface area contributed by atoms with Crippen LogP contribution in [0.3, 0.4) is 0 Å². The number of hydrogen-bond acceptors (Lipinski definition) is 2. The van der Waals surface area contributed by atoms with Gasteiger partial charge in [-0.25, -0.2) is 0 Å². The third-order valence-electron chi connectivity index (χ3n) is 3.45. The number of carbonyl (C=O) groups is 1. The molecule has 0 saturated carbocycles. The molecule has 0 bridgehead atoms. The summed E-state index contributed by atoms with van der Waals surface area (Å²) >= 11 is 0. The highest BCUT2D eigenvalue weighted by Gasteiger charge is 2.29. The summed E-state index contributed by atoms with van der Waals surface area (Å²) in [6, 6.07) is 0.479. The summed E-state index contributed by atoms with van der Waals surface area (Å²) in [5.74, 6) is 3.78. The van der Waals surface area contributed by atoms with Gasteiger partial charge in [0, 0.05) is 12.6 Å². The third kappa shape index (κ3) is 3.53. The molecule has 1 aliphatic rings. The van der Waals surface area contributed by atoms with Crippen LogP contribution in [0.2, 0.25) is 0 Å². The van der Waals surface area contributed by atoms with E-state index in [2.05, 4.69) is 36.9 Å². The molecule has 3 heteroatoms. The normalized spacial score (nSPS) is 30.8. The molecule has 0 aromatic rings. The number of likely N-dealkylation sites (tertiary alicyclic amines) is 1. The van der Waals surface area contributed by atoms with Crippen LogP contribution in [-0.2, 0) is 4.79 Å². The standard InChI is InChI=1S/C13H22N2O/c1-5-6-14-13(16)9-15-8-10(2)7-11(3)12(15)4/h1,10-12H,6-9H2,2-4H3,(H,14,16). The van der Waals surface area contributed by atoms with E-state index in [-0.39, 0.29) is 5.91 Å². The molecular weight excluding hydrogens is 200 g/mol. The highest BCUT2D eigenvalue weighted by atomic mass is 16.2. The van der Waals surface area contributed by atoms with Crippen LogP contribution in [0.5, 0.6) is 0 Å². The minimum atomic E-state index is 0.0334. The van der Waals surface area contributed by atoms with Crippen LogP contribution in [-0.4, -0.2) is 36.5 Å². The lowest BCUT2D eigenvalue weighted by Crippen LogP contribution is -2.49. The van der Waals surface area contributed by atoms with E-state index >= 15 is 0 Å². The van der Waals surface area contributed by atoms with Crippen LogP contribution in [0.25, 0.3) is 0 Å². The number of piperidine rings is 1. The van der Waals surface area contributed by atoms with Gasteiger partial charge in [0.15, 0.2) is 0 Å². The summed E-state index contributed by atoms with van der Waals surface area (Å²) in [7, 11) is 0. The van der Waals surface area contributed by atoms with Crippen molar-refractivity contribution in [2.75, 3.05) is 19.6 Å². The van der Waals surface area contributed by atoms with Crippen molar-refractivity contribution < 1.29 is 4.79 Å². The Labute approximate surface area is 98.6 Å². The summed E-state index contributed by atoms with van der Waals surface area (Å²) in [6.07, 6.45) is 6.36. The average molecular weight is 222 g/mol. The molecular formula is C13H22N2O. The van der Waals surface area contributed by atoms with Crippen molar-refractivity contribution in [2.24, 2.45) is 11.8 Å². The van der Waals surface area contributed by atoms with Gasteiger partial charge < -0.3 is 5.32 Å². The largest absolute Gasteiger partial charge is 0.344 e. The average Bonchev–Trinajstić information content (AvgIpc) is 2.22. The lowest BCUT2D eigenvalue weighted by molar-refractivity contribution is -0.123. The molecule has 0 spiro atoms. The van der Waals surface area contributed by atoms with E-state index in [1.807, 2.05) is 0 Å². The van der Waals surface area contributed by atoms with E-state index in [0.29, 0.717) is 31.0 Å². The molecule has 0 aromatic carbocycles. The number of rotatable bonds is 3. The summed E-state index contributed by atoms with van der Waals surface area (Å²) in [5, 5.41) is 2.71. The fourth-order valence-electron chi connectivity index (χ4n) is 2.43. The zero-order valence-electron chi connectivity index (χ0n) is 10.5. The molecule has 90 valence electrons. The Morgan fingerprint density at radius 3 is 2.81 bits per heavy atom. The second-order valence-electron chi connectivity index (χ2n) is 4.97. The van der Waals surface area contributed by atoms with E-state index in [0.717, 1.165) is 6.54 Å². The number of terminal acetylenes is 1. The van der Waals surface area contributed by atoms with Gasteiger partial charge in [-0.15, -0.1) is 6.42 Å². The molecule has 0 aromatic heterocycles. The van der Waals surface area contributed by atoms with E-state index in [1.165, 1.54) is 6.42 Å². The van der Waals surface area contributed by atoms with E-state index in [4.69, 9.17) is 6.42 Å². The molecule has 1 rings (SSSR count). The van der Waals surface area contributed by atoms with Crippen molar-refractivity contribution in [1.29, 1.82) is 0 Å². The fourth-order valence-corrected chi connectivity index (χ4v) is 2.43. The zero-order chi connectivity index (χ0) is 12.1. The second kappa shape index (κ2) is 5.91. The van der Waals surface area contributed by atoms with Gasteiger partial charge in [-0.1, -0.05) is 19.8 Å². The third-order valence-corrected chi connectivity index (χ3v) is 3.45. The van der Waals surface area contributed by atoms with Crippen LogP contribution >= 0.6 is 0 Å². The SMILES string of the molecule is C#CCNC(=O)CN1CC(C)CC(C)C1C. The first-order valence-electron chi connectivity index (χ1n) is 5.98. The molecule has 3 atom stereocenters. The number of nitrogens with one attached hydrogen (secondary N) is 1. The first-order valence-corrected chi connectivity index (χ1v) is 5.98. The Morgan fingerprint density at radius 1 is 1.50 bits per heavy atom. The van der Waals surface area contributed by atoms with Crippen molar-refractivity contribution in [3.63, 3.8) is 0 Å².